The fourth-order valence-corrected chi connectivity index (χ4v) is 3.09. The summed E-state index contributed by atoms with van der Waals surface area (Å²) in [7, 11) is 0. The number of benzene rings is 1. The van der Waals surface area contributed by atoms with Crippen LogP contribution >= 0.6 is 23.4 Å². The summed E-state index contributed by atoms with van der Waals surface area (Å²) in [5.41, 5.74) is 6.80. The van der Waals surface area contributed by atoms with Gasteiger partial charge in [0.25, 0.3) is 0 Å². The van der Waals surface area contributed by atoms with Gasteiger partial charge in [-0.3, -0.25) is 4.79 Å². The molecule has 1 amide bonds. The van der Waals surface area contributed by atoms with Gasteiger partial charge in [0.05, 0.1) is 16.4 Å². The quantitative estimate of drug-likeness (QED) is 0.800. The Morgan fingerprint density at radius 2 is 2.38 bits per heavy atom. The summed E-state index contributed by atoms with van der Waals surface area (Å²) in [6, 6.07) is 5.21. The Hall–Kier alpha value is -0.870. The van der Waals surface area contributed by atoms with Crippen LogP contribution in [0.25, 0.3) is 0 Å². The average molecular weight is 257 g/mol. The first kappa shape index (κ1) is 11.6. The van der Waals surface area contributed by atoms with Crippen LogP contribution in [0.2, 0.25) is 5.02 Å². The summed E-state index contributed by atoms with van der Waals surface area (Å²) in [5, 5.41) is 3.30. The number of nitrogens with one attached hydrogen (secondary N) is 1. The number of thioether (sulfide) groups is 1. The van der Waals surface area contributed by atoms with Crippen LogP contribution in [0.5, 0.6) is 0 Å². The topological polar surface area (TPSA) is 55.1 Å². The first-order chi connectivity index (χ1) is 7.68. The maximum Gasteiger partial charge on any atom is 0.228 e. The molecule has 0 aromatic heterocycles. The molecule has 1 aromatic rings. The number of nitrogen functional groups attached to an aromatic ring is 1. The van der Waals surface area contributed by atoms with Crippen LogP contribution in [-0.4, -0.2) is 17.4 Å². The molecule has 0 radical (unpaired) electrons. The molecule has 3 nitrogen and oxygen atoms in total. The minimum Gasteiger partial charge on any atom is -0.397 e. The molecule has 1 aliphatic heterocycles. The van der Waals surface area contributed by atoms with Crippen LogP contribution < -0.4 is 11.1 Å². The highest BCUT2D eigenvalue weighted by atomic mass is 35.5. The molecule has 5 heteroatoms. The predicted molar refractivity (Wildman–Crippen MR) is 69.9 cm³/mol. The van der Waals surface area contributed by atoms with Gasteiger partial charge in [0.15, 0.2) is 0 Å². The van der Waals surface area contributed by atoms with Gasteiger partial charge in [-0.1, -0.05) is 17.7 Å². The van der Waals surface area contributed by atoms with E-state index in [1.807, 2.05) is 0 Å². The van der Waals surface area contributed by atoms with Gasteiger partial charge < -0.3 is 11.1 Å². The van der Waals surface area contributed by atoms with Gasteiger partial charge in [-0.2, -0.15) is 11.8 Å². The van der Waals surface area contributed by atoms with Gasteiger partial charge in [-0.25, -0.2) is 0 Å². The van der Waals surface area contributed by atoms with Gasteiger partial charge in [0, 0.05) is 11.7 Å². The summed E-state index contributed by atoms with van der Waals surface area (Å²) in [6.07, 6.45) is 0.931. The minimum absolute atomic E-state index is 0.0183. The Morgan fingerprint density at radius 3 is 3.00 bits per heavy atom. The Balaban J connectivity index is 2.11. The lowest BCUT2D eigenvalue weighted by Crippen LogP contribution is -2.23. The molecular weight excluding hydrogens is 244 g/mol. The molecule has 86 valence electrons. The third kappa shape index (κ3) is 2.44. The molecule has 0 bridgehead atoms. The second-order valence-corrected chi connectivity index (χ2v) is 5.31. The van der Waals surface area contributed by atoms with E-state index in [4.69, 9.17) is 17.3 Å². The predicted octanol–water partition coefficient (Wildman–Crippen LogP) is 2.61. The molecule has 3 N–H and O–H groups in total. The fourth-order valence-electron chi connectivity index (χ4n) is 1.64. The zero-order chi connectivity index (χ0) is 11.5. The minimum atomic E-state index is 0.0183. The van der Waals surface area contributed by atoms with Crippen molar-refractivity contribution in [1.82, 2.24) is 0 Å². The van der Waals surface area contributed by atoms with Gasteiger partial charge in [0.2, 0.25) is 5.91 Å². The average Bonchev–Trinajstić information content (AvgIpc) is 2.76. The Labute approximate surface area is 104 Å². The third-order valence-electron chi connectivity index (χ3n) is 2.59. The highest BCUT2D eigenvalue weighted by Crippen LogP contribution is 2.30. The van der Waals surface area contributed by atoms with Crippen molar-refractivity contribution in [3.8, 4) is 0 Å². The molecule has 1 aromatic carbocycles. The van der Waals surface area contributed by atoms with Crippen molar-refractivity contribution < 1.29 is 4.79 Å². The summed E-state index contributed by atoms with van der Waals surface area (Å²) >= 11 is 7.78. The standard InChI is InChI=1S/C11H13ClN2OS/c12-8-2-1-3-9(13)10(8)14-11(15)7-4-5-16-6-7/h1-3,7H,4-6,13H2,(H,14,15). The molecule has 0 saturated carbocycles. The smallest absolute Gasteiger partial charge is 0.228 e. The number of amides is 1. The van der Waals surface area contributed by atoms with Crippen molar-refractivity contribution in [2.45, 2.75) is 6.42 Å². The SMILES string of the molecule is Nc1cccc(Cl)c1NC(=O)C1CCSC1. The number of rotatable bonds is 2. The second-order valence-electron chi connectivity index (χ2n) is 3.75. The van der Waals surface area contributed by atoms with Crippen molar-refractivity contribution in [2.75, 3.05) is 22.6 Å². The lowest BCUT2D eigenvalue weighted by atomic mass is 10.1. The molecule has 0 aliphatic carbocycles. The number of nitrogens with two attached hydrogens (primary N) is 1. The van der Waals surface area contributed by atoms with E-state index in [9.17, 15) is 4.79 Å². The number of anilines is 2. The largest absolute Gasteiger partial charge is 0.397 e. The monoisotopic (exact) mass is 256 g/mol. The number of para-hydroxylation sites is 1. The summed E-state index contributed by atoms with van der Waals surface area (Å²) < 4.78 is 0. The number of hydrogen-bond acceptors (Lipinski definition) is 3. The summed E-state index contributed by atoms with van der Waals surface area (Å²) in [6.45, 7) is 0. The van der Waals surface area contributed by atoms with Gasteiger partial charge >= 0.3 is 0 Å². The first-order valence-electron chi connectivity index (χ1n) is 5.11. The number of carbonyl (C=O) groups is 1. The Morgan fingerprint density at radius 1 is 1.56 bits per heavy atom. The molecule has 16 heavy (non-hydrogen) atoms. The molecule has 1 atom stereocenters. The van der Waals surface area contributed by atoms with E-state index in [0.717, 1.165) is 17.9 Å². The zero-order valence-electron chi connectivity index (χ0n) is 8.70. The zero-order valence-corrected chi connectivity index (χ0v) is 10.3. The van der Waals surface area contributed by atoms with Crippen LogP contribution in [0.1, 0.15) is 6.42 Å². The van der Waals surface area contributed by atoms with Crippen molar-refractivity contribution in [3.05, 3.63) is 23.2 Å². The van der Waals surface area contributed by atoms with E-state index in [2.05, 4.69) is 5.32 Å². The first-order valence-corrected chi connectivity index (χ1v) is 6.64. The van der Waals surface area contributed by atoms with Crippen LogP contribution in [0.3, 0.4) is 0 Å². The van der Waals surface area contributed by atoms with Crippen LogP contribution in [0, 0.1) is 5.92 Å². The summed E-state index contributed by atoms with van der Waals surface area (Å²) in [4.78, 5) is 11.9. The molecule has 0 spiro atoms. The Bertz CT molecular complexity index is 385. The molecule has 1 unspecified atom stereocenters. The molecule has 1 aliphatic rings. The normalized spacial score (nSPS) is 19.7. The van der Waals surface area contributed by atoms with Crippen molar-refractivity contribution in [2.24, 2.45) is 5.92 Å². The van der Waals surface area contributed by atoms with Crippen LogP contribution in [0.15, 0.2) is 18.2 Å². The lowest BCUT2D eigenvalue weighted by molar-refractivity contribution is -0.119. The van der Waals surface area contributed by atoms with Gasteiger partial charge in [-0.15, -0.1) is 0 Å². The van der Waals surface area contributed by atoms with Crippen LogP contribution in [0.4, 0.5) is 11.4 Å². The molecular formula is C11H13ClN2OS. The fraction of sp³-hybridized carbons (Fsp3) is 0.364. The molecule has 2 rings (SSSR count). The van der Waals surface area contributed by atoms with Crippen molar-refractivity contribution in [1.29, 1.82) is 0 Å². The van der Waals surface area contributed by atoms with Crippen molar-refractivity contribution >= 4 is 40.6 Å². The maximum atomic E-state index is 11.9. The van der Waals surface area contributed by atoms with Crippen LogP contribution in [-0.2, 0) is 4.79 Å². The maximum absolute atomic E-state index is 11.9. The molecule has 1 fully saturated rings. The molecule has 1 saturated heterocycles. The van der Waals surface area contributed by atoms with E-state index in [0.29, 0.717) is 16.4 Å². The van der Waals surface area contributed by atoms with E-state index in [-0.39, 0.29) is 11.8 Å². The number of hydrogen-bond donors (Lipinski definition) is 2. The lowest BCUT2D eigenvalue weighted by Gasteiger charge is -2.12. The highest BCUT2D eigenvalue weighted by molar-refractivity contribution is 7.99. The summed E-state index contributed by atoms with van der Waals surface area (Å²) in [5.74, 6) is 2.04. The molecule has 1 heterocycles. The number of carbonyl (C=O) groups excluding carboxylic acids is 1. The van der Waals surface area contributed by atoms with E-state index in [1.165, 1.54) is 0 Å². The third-order valence-corrected chi connectivity index (χ3v) is 4.07. The highest BCUT2D eigenvalue weighted by Gasteiger charge is 2.24. The van der Waals surface area contributed by atoms with E-state index in [1.54, 1.807) is 30.0 Å². The number of halogens is 1. The van der Waals surface area contributed by atoms with E-state index >= 15 is 0 Å². The second kappa shape index (κ2) is 4.97. The van der Waals surface area contributed by atoms with Gasteiger partial charge in [0.1, 0.15) is 0 Å². The Kier molecular flexibility index (Phi) is 3.61. The van der Waals surface area contributed by atoms with E-state index < -0.39 is 0 Å². The van der Waals surface area contributed by atoms with Gasteiger partial charge in [-0.05, 0) is 24.3 Å². The van der Waals surface area contributed by atoms with Crippen molar-refractivity contribution in [3.63, 3.8) is 0 Å².